The normalized spacial score (nSPS) is 19.0. The van der Waals surface area contributed by atoms with Gasteiger partial charge in [0.2, 0.25) is 5.91 Å². The summed E-state index contributed by atoms with van der Waals surface area (Å²) >= 11 is 0. The molecule has 0 radical (unpaired) electrons. The zero-order chi connectivity index (χ0) is 17.1. The highest BCUT2D eigenvalue weighted by atomic mass is 16.2. The minimum Gasteiger partial charge on any atom is -0.378 e. The molecule has 0 spiro atoms. The van der Waals surface area contributed by atoms with Crippen LogP contribution < -0.4 is 10.6 Å². The van der Waals surface area contributed by atoms with Crippen molar-refractivity contribution in [2.45, 2.75) is 25.9 Å². The lowest BCUT2D eigenvalue weighted by atomic mass is 10.1. The number of carbonyl (C=O) groups excluding carboxylic acids is 2. The van der Waals surface area contributed by atoms with Crippen LogP contribution in [-0.2, 0) is 4.79 Å². The van der Waals surface area contributed by atoms with Crippen molar-refractivity contribution >= 4 is 17.5 Å². The molecule has 6 heteroatoms. The Hall–Kier alpha value is -2.08. The number of carbonyl (C=O) groups is 2. The van der Waals surface area contributed by atoms with Crippen molar-refractivity contribution in [2.75, 3.05) is 38.6 Å². The highest BCUT2D eigenvalue weighted by Gasteiger charge is 2.35. The summed E-state index contributed by atoms with van der Waals surface area (Å²) in [6, 6.07) is 7.16. The van der Waals surface area contributed by atoms with Crippen LogP contribution in [0.3, 0.4) is 0 Å². The number of nitrogens with two attached hydrogens (primary N) is 1. The molecule has 2 amide bonds. The van der Waals surface area contributed by atoms with Gasteiger partial charge in [0.05, 0.1) is 0 Å². The summed E-state index contributed by atoms with van der Waals surface area (Å²) in [7, 11) is 3.86. The summed E-state index contributed by atoms with van der Waals surface area (Å²) in [4.78, 5) is 30.4. The fourth-order valence-corrected chi connectivity index (χ4v) is 2.84. The van der Waals surface area contributed by atoms with E-state index in [1.807, 2.05) is 37.2 Å². The Morgan fingerprint density at radius 1 is 1.26 bits per heavy atom. The zero-order valence-corrected chi connectivity index (χ0v) is 14.3. The zero-order valence-electron chi connectivity index (χ0n) is 14.3. The van der Waals surface area contributed by atoms with Crippen LogP contribution in [-0.4, -0.2) is 67.4 Å². The van der Waals surface area contributed by atoms with Gasteiger partial charge >= 0.3 is 0 Å². The third-order valence-electron chi connectivity index (χ3n) is 4.34. The topological polar surface area (TPSA) is 69.9 Å². The highest BCUT2D eigenvalue weighted by Crippen LogP contribution is 2.19. The molecule has 23 heavy (non-hydrogen) atoms. The maximum absolute atomic E-state index is 12.8. The van der Waals surface area contributed by atoms with E-state index in [2.05, 4.69) is 18.7 Å². The number of nitrogens with zero attached hydrogens (tertiary/aromatic N) is 3. The molecule has 0 aliphatic carbocycles. The van der Waals surface area contributed by atoms with Crippen molar-refractivity contribution in [3.05, 3.63) is 29.8 Å². The molecule has 1 aromatic carbocycles. The van der Waals surface area contributed by atoms with Gasteiger partial charge in [-0.25, -0.2) is 0 Å². The first-order chi connectivity index (χ1) is 10.8. The predicted molar refractivity (Wildman–Crippen MR) is 91.5 cm³/mol. The summed E-state index contributed by atoms with van der Waals surface area (Å²) in [5.74, 6) is -0.589. The van der Waals surface area contributed by atoms with Gasteiger partial charge in [-0.1, -0.05) is 6.07 Å². The van der Waals surface area contributed by atoms with E-state index in [0.717, 1.165) is 12.2 Å². The maximum atomic E-state index is 12.8. The summed E-state index contributed by atoms with van der Waals surface area (Å²) in [6.45, 7) is 5.91. The molecule has 1 heterocycles. The third kappa shape index (κ3) is 3.82. The average Bonchev–Trinajstić information content (AvgIpc) is 2.53. The number of piperazine rings is 1. The van der Waals surface area contributed by atoms with E-state index in [0.29, 0.717) is 24.7 Å². The molecule has 0 unspecified atom stereocenters. The number of benzene rings is 1. The molecule has 6 nitrogen and oxygen atoms in total. The Bertz CT molecular complexity index is 586. The Balaban J connectivity index is 2.23. The second-order valence-corrected chi connectivity index (χ2v) is 6.45. The first-order valence-electron chi connectivity index (χ1n) is 7.93. The molecule has 126 valence electrons. The van der Waals surface area contributed by atoms with Crippen LogP contribution >= 0.6 is 0 Å². The molecule has 2 rings (SSSR count). The standard InChI is InChI=1S/C17H26N4O2/c1-12(2)20-8-9-21(15(11-20)16(18)22)17(23)13-6-5-7-14(10-13)19(3)4/h5-7,10,12,15H,8-9,11H2,1-4H3,(H2,18,22)/t15-/m1/s1. The molecular formula is C17H26N4O2. The maximum Gasteiger partial charge on any atom is 0.254 e. The van der Waals surface area contributed by atoms with Crippen LogP contribution in [0.2, 0.25) is 0 Å². The van der Waals surface area contributed by atoms with Crippen molar-refractivity contribution in [3.8, 4) is 0 Å². The van der Waals surface area contributed by atoms with E-state index >= 15 is 0 Å². The summed E-state index contributed by atoms with van der Waals surface area (Å²) in [5, 5.41) is 0. The first kappa shape index (κ1) is 17.3. The highest BCUT2D eigenvalue weighted by molar-refractivity contribution is 5.98. The lowest BCUT2D eigenvalue weighted by Crippen LogP contribution is -2.61. The lowest BCUT2D eigenvalue weighted by Gasteiger charge is -2.41. The predicted octanol–water partition coefficient (Wildman–Crippen LogP) is 0.773. The Morgan fingerprint density at radius 2 is 1.96 bits per heavy atom. The van der Waals surface area contributed by atoms with Crippen LogP contribution in [0, 0.1) is 0 Å². The van der Waals surface area contributed by atoms with Crippen molar-refractivity contribution in [1.29, 1.82) is 0 Å². The van der Waals surface area contributed by atoms with E-state index in [-0.39, 0.29) is 5.91 Å². The average molecular weight is 318 g/mol. The van der Waals surface area contributed by atoms with Gasteiger partial charge in [-0.3, -0.25) is 14.5 Å². The number of amides is 2. The molecule has 0 bridgehead atoms. The third-order valence-corrected chi connectivity index (χ3v) is 4.34. The van der Waals surface area contributed by atoms with Gasteiger partial charge in [-0.2, -0.15) is 0 Å². The smallest absolute Gasteiger partial charge is 0.254 e. The lowest BCUT2D eigenvalue weighted by molar-refractivity contribution is -0.124. The van der Waals surface area contributed by atoms with E-state index in [4.69, 9.17) is 5.73 Å². The van der Waals surface area contributed by atoms with Crippen LogP contribution in [0.25, 0.3) is 0 Å². The molecule has 1 fully saturated rings. The largest absolute Gasteiger partial charge is 0.378 e. The number of rotatable bonds is 4. The van der Waals surface area contributed by atoms with E-state index in [9.17, 15) is 9.59 Å². The monoisotopic (exact) mass is 318 g/mol. The van der Waals surface area contributed by atoms with E-state index < -0.39 is 11.9 Å². The first-order valence-corrected chi connectivity index (χ1v) is 7.93. The van der Waals surface area contributed by atoms with Crippen molar-refractivity contribution in [2.24, 2.45) is 5.73 Å². The Kier molecular flexibility index (Phi) is 5.26. The van der Waals surface area contributed by atoms with Crippen LogP contribution in [0.15, 0.2) is 24.3 Å². The molecule has 1 aliphatic heterocycles. The SMILES string of the molecule is CC(C)N1CCN(C(=O)c2cccc(N(C)C)c2)[C@@H](C(N)=O)C1. The molecule has 0 saturated carbocycles. The fourth-order valence-electron chi connectivity index (χ4n) is 2.84. The molecular weight excluding hydrogens is 292 g/mol. The number of anilines is 1. The van der Waals surface area contributed by atoms with Crippen molar-refractivity contribution in [3.63, 3.8) is 0 Å². The number of hydrogen-bond acceptors (Lipinski definition) is 4. The van der Waals surface area contributed by atoms with Gasteiger partial charge in [0, 0.05) is 51.0 Å². The van der Waals surface area contributed by atoms with E-state index in [1.165, 1.54) is 0 Å². The molecule has 0 aromatic heterocycles. The Morgan fingerprint density at radius 3 is 2.52 bits per heavy atom. The van der Waals surface area contributed by atoms with Gasteiger partial charge in [0.15, 0.2) is 0 Å². The Labute approximate surface area is 137 Å². The van der Waals surface area contributed by atoms with Crippen molar-refractivity contribution < 1.29 is 9.59 Å². The number of hydrogen-bond donors (Lipinski definition) is 1. The van der Waals surface area contributed by atoms with Gasteiger partial charge in [0.1, 0.15) is 6.04 Å². The molecule has 1 aromatic rings. The molecule has 1 aliphatic rings. The van der Waals surface area contributed by atoms with Crippen LogP contribution in [0.1, 0.15) is 24.2 Å². The van der Waals surface area contributed by atoms with Gasteiger partial charge < -0.3 is 15.5 Å². The van der Waals surface area contributed by atoms with Crippen LogP contribution in [0.5, 0.6) is 0 Å². The summed E-state index contributed by atoms with van der Waals surface area (Å²) < 4.78 is 0. The van der Waals surface area contributed by atoms with Crippen LogP contribution in [0.4, 0.5) is 5.69 Å². The van der Waals surface area contributed by atoms with Gasteiger partial charge in [-0.15, -0.1) is 0 Å². The molecule has 1 saturated heterocycles. The fraction of sp³-hybridized carbons (Fsp3) is 0.529. The quantitative estimate of drug-likeness (QED) is 0.890. The van der Waals surface area contributed by atoms with Crippen molar-refractivity contribution in [1.82, 2.24) is 9.80 Å². The summed E-state index contributed by atoms with van der Waals surface area (Å²) in [6.07, 6.45) is 0. The van der Waals surface area contributed by atoms with E-state index in [1.54, 1.807) is 11.0 Å². The molecule has 1 atom stereocenters. The minimum atomic E-state index is -0.582. The minimum absolute atomic E-state index is 0.138. The summed E-state index contributed by atoms with van der Waals surface area (Å²) in [5.41, 5.74) is 7.08. The second kappa shape index (κ2) is 7.00. The second-order valence-electron chi connectivity index (χ2n) is 6.45. The number of primary amides is 1. The van der Waals surface area contributed by atoms with Gasteiger partial charge in [-0.05, 0) is 32.0 Å². The molecule has 2 N–H and O–H groups in total. The van der Waals surface area contributed by atoms with Gasteiger partial charge in [0.25, 0.3) is 5.91 Å².